The first-order valence-electron chi connectivity index (χ1n) is 6.54. The molecule has 1 saturated carbocycles. The van der Waals surface area contributed by atoms with Gasteiger partial charge in [0.15, 0.2) is 0 Å². The second kappa shape index (κ2) is 4.06. The molecule has 0 bridgehead atoms. The fourth-order valence-corrected chi connectivity index (χ4v) is 2.75. The summed E-state index contributed by atoms with van der Waals surface area (Å²) in [5.41, 5.74) is 0.370. The normalized spacial score (nSPS) is 34.4. The van der Waals surface area contributed by atoms with Crippen LogP contribution in [0.25, 0.3) is 0 Å². The first-order valence-corrected chi connectivity index (χ1v) is 6.54. The molecule has 2 unspecified atom stereocenters. The summed E-state index contributed by atoms with van der Waals surface area (Å²) in [6, 6.07) is 1.46. The van der Waals surface area contributed by atoms with E-state index >= 15 is 0 Å². The van der Waals surface area contributed by atoms with Gasteiger partial charge < -0.3 is 5.32 Å². The van der Waals surface area contributed by atoms with E-state index < -0.39 is 0 Å². The van der Waals surface area contributed by atoms with Crippen LogP contribution in [0.5, 0.6) is 0 Å². The van der Waals surface area contributed by atoms with Crippen LogP contribution in [0, 0.1) is 5.92 Å². The van der Waals surface area contributed by atoms with Crippen molar-refractivity contribution in [3.8, 4) is 0 Å². The van der Waals surface area contributed by atoms with Gasteiger partial charge in [0.1, 0.15) is 0 Å². The molecule has 0 aromatic carbocycles. The summed E-state index contributed by atoms with van der Waals surface area (Å²) in [7, 11) is 0. The number of hydrogen-bond donors (Lipinski definition) is 1. The first kappa shape index (κ1) is 11.4. The highest BCUT2D eigenvalue weighted by Crippen LogP contribution is 2.36. The van der Waals surface area contributed by atoms with Gasteiger partial charge >= 0.3 is 0 Å². The minimum absolute atomic E-state index is 0.370. The third-order valence-electron chi connectivity index (χ3n) is 4.43. The Morgan fingerprint density at radius 2 is 2.00 bits per heavy atom. The number of piperazine rings is 1. The summed E-state index contributed by atoms with van der Waals surface area (Å²) in [6.45, 7) is 11.9. The molecule has 1 heterocycles. The number of rotatable bonds is 3. The van der Waals surface area contributed by atoms with E-state index in [0.29, 0.717) is 11.6 Å². The molecule has 2 fully saturated rings. The van der Waals surface area contributed by atoms with Gasteiger partial charge in [-0.25, -0.2) is 0 Å². The Morgan fingerprint density at radius 3 is 2.53 bits per heavy atom. The lowest BCUT2D eigenvalue weighted by atomic mass is 9.93. The minimum Gasteiger partial charge on any atom is -0.311 e. The lowest BCUT2D eigenvalue weighted by Gasteiger charge is -2.48. The molecule has 0 aromatic heterocycles. The van der Waals surface area contributed by atoms with Crippen LogP contribution in [0.1, 0.15) is 47.0 Å². The molecule has 0 spiro atoms. The fraction of sp³-hybridized carbons (Fsp3) is 1.00. The molecule has 15 heavy (non-hydrogen) atoms. The van der Waals surface area contributed by atoms with Crippen molar-refractivity contribution in [1.82, 2.24) is 10.2 Å². The van der Waals surface area contributed by atoms with Gasteiger partial charge in [-0.05, 0) is 46.0 Å². The monoisotopic (exact) mass is 210 g/mol. The Kier molecular flexibility index (Phi) is 3.09. The van der Waals surface area contributed by atoms with E-state index in [1.54, 1.807) is 0 Å². The molecule has 0 aromatic rings. The Hall–Kier alpha value is -0.0800. The van der Waals surface area contributed by atoms with Crippen LogP contribution in [-0.4, -0.2) is 35.6 Å². The number of hydrogen-bond acceptors (Lipinski definition) is 2. The van der Waals surface area contributed by atoms with Crippen LogP contribution in [0.2, 0.25) is 0 Å². The van der Waals surface area contributed by atoms with E-state index in [2.05, 4.69) is 37.9 Å². The molecule has 1 aliphatic carbocycles. The van der Waals surface area contributed by atoms with Gasteiger partial charge in [-0.3, -0.25) is 4.90 Å². The molecule has 1 saturated heterocycles. The summed E-state index contributed by atoms with van der Waals surface area (Å²) in [4.78, 5) is 2.71. The van der Waals surface area contributed by atoms with Crippen molar-refractivity contribution in [3.05, 3.63) is 0 Å². The van der Waals surface area contributed by atoms with Crippen molar-refractivity contribution < 1.29 is 0 Å². The van der Waals surface area contributed by atoms with Crippen molar-refractivity contribution in [2.45, 2.75) is 64.6 Å². The summed E-state index contributed by atoms with van der Waals surface area (Å²) >= 11 is 0. The van der Waals surface area contributed by atoms with E-state index in [-0.39, 0.29) is 0 Å². The highest BCUT2D eigenvalue weighted by molar-refractivity contribution is 4.97. The first-order chi connectivity index (χ1) is 7.04. The van der Waals surface area contributed by atoms with Crippen LogP contribution < -0.4 is 5.32 Å². The Bertz CT molecular complexity index is 221. The predicted octanol–water partition coefficient (Wildman–Crippen LogP) is 2.25. The third-order valence-corrected chi connectivity index (χ3v) is 4.43. The van der Waals surface area contributed by atoms with E-state index in [4.69, 9.17) is 0 Å². The zero-order valence-electron chi connectivity index (χ0n) is 10.7. The summed E-state index contributed by atoms with van der Waals surface area (Å²) < 4.78 is 0. The molecule has 1 aliphatic heterocycles. The van der Waals surface area contributed by atoms with Crippen molar-refractivity contribution in [3.63, 3.8) is 0 Å². The Balaban J connectivity index is 2.01. The maximum atomic E-state index is 3.72. The van der Waals surface area contributed by atoms with Gasteiger partial charge in [0.05, 0.1) is 0 Å². The maximum absolute atomic E-state index is 3.72. The smallest absolute Gasteiger partial charge is 0.0224 e. The number of nitrogens with zero attached hydrogens (tertiary/aromatic N) is 1. The van der Waals surface area contributed by atoms with Crippen LogP contribution in [-0.2, 0) is 0 Å². The minimum atomic E-state index is 0.370. The Morgan fingerprint density at radius 1 is 1.33 bits per heavy atom. The summed E-state index contributed by atoms with van der Waals surface area (Å²) in [5, 5.41) is 3.72. The van der Waals surface area contributed by atoms with E-state index in [1.807, 2.05) is 0 Å². The zero-order valence-corrected chi connectivity index (χ0v) is 10.7. The molecule has 2 aliphatic rings. The van der Waals surface area contributed by atoms with E-state index in [0.717, 1.165) is 12.0 Å². The second-order valence-electron chi connectivity index (χ2n) is 6.02. The predicted molar refractivity (Wildman–Crippen MR) is 65.1 cm³/mol. The van der Waals surface area contributed by atoms with Crippen molar-refractivity contribution >= 4 is 0 Å². The van der Waals surface area contributed by atoms with E-state index in [1.165, 1.54) is 32.4 Å². The Labute approximate surface area is 94.4 Å². The maximum Gasteiger partial charge on any atom is 0.0224 e. The van der Waals surface area contributed by atoms with Crippen LogP contribution in [0.3, 0.4) is 0 Å². The van der Waals surface area contributed by atoms with Crippen molar-refractivity contribution in [2.75, 3.05) is 13.1 Å². The van der Waals surface area contributed by atoms with Gasteiger partial charge in [-0.1, -0.05) is 6.92 Å². The molecule has 2 heteroatoms. The fourth-order valence-electron chi connectivity index (χ4n) is 2.75. The largest absolute Gasteiger partial charge is 0.311 e. The molecule has 2 rings (SSSR count). The van der Waals surface area contributed by atoms with Gasteiger partial charge in [-0.2, -0.15) is 0 Å². The lowest BCUT2D eigenvalue weighted by molar-refractivity contribution is 0.0319. The van der Waals surface area contributed by atoms with E-state index in [9.17, 15) is 0 Å². The molecule has 0 amide bonds. The zero-order chi connectivity index (χ0) is 11.1. The molecule has 2 nitrogen and oxygen atoms in total. The average molecular weight is 210 g/mol. The molecule has 0 radical (unpaired) electrons. The molecule has 88 valence electrons. The molecule has 2 atom stereocenters. The average Bonchev–Trinajstić information content (AvgIpc) is 3.02. The van der Waals surface area contributed by atoms with Crippen molar-refractivity contribution in [1.29, 1.82) is 0 Å². The van der Waals surface area contributed by atoms with Crippen LogP contribution >= 0.6 is 0 Å². The van der Waals surface area contributed by atoms with Crippen LogP contribution in [0.4, 0.5) is 0 Å². The third kappa shape index (κ3) is 2.36. The topological polar surface area (TPSA) is 15.3 Å². The molecular weight excluding hydrogens is 184 g/mol. The van der Waals surface area contributed by atoms with Gasteiger partial charge in [0.2, 0.25) is 0 Å². The standard InChI is InChI=1S/C13H26N2/c1-5-13(3,4)15-9-12(11-6-7-11)14-8-10(15)2/h10-12,14H,5-9H2,1-4H3. The highest BCUT2D eigenvalue weighted by Gasteiger charge is 2.39. The van der Waals surface area contributed by atoms with Crippen LogP contribution in [0.15, 0.2) is 0 Å². The molecular formula is C13H26N2. The summed E-state index contributed by atoms with van der Waals surface area (Å²) in [5.74, 6) is 0.979. The highest BCUT2D eigenvalue weighted by atomic mass is 15.3. The van der Waals surface area contributed by atoms with Gasteiger partial charge in [0.25, 0.3) is 0 Å². The lowest BCUT2D eigenvalue weighted by Crippen LogP contribution is -2.62. The van der Waals surface area contributed by atoms with Gasteiger partial charge in [-0.15, -0.1) is 0 Å². The SMILES string of the molecule is CCC(C)(C)N1CC(C2CC2)NCC1C. The van der Waals surface area contributed by atoms with Crippen molar-refractivity contribution in [2.24, 2.45) is 5.92 Å². The van der Waals surface area contributed by atoms with Gasteiger partial charge in [0, 0.05) is 30.7 Å². The second-order valence-corrected chi connectivity index (χ2v) is 6.02. The summed E-state index contributed by atoms with van der Waals surface area (Å²) in [6.07, 6.45) is 4.15. The quantitative estimate of drug-likeness (QED) is 0.768. The molecule has 1 N–H and O–H groups in total. The number of nitrogens with one attached hydrogen (secondary N) is 1.